The standard InChI is InChI=1S/C16H22ClNO3S2/c17-15-8-7-13(22-15)10-23(20,21)11-16(19)18-9-3-5-12-4-1-2-6-14(12)18/h7-8,12,14H,1-6,9-11H2. The maximum absolute atomic E-state index is 12.6. The monoisotopic (exact) mass is 375 g/mol. The molecule has 0 bridgehead atoms. The molecule has 2 aliphatic rings. The van der Waals surface area contributed by atoms with Crippen LogP contribution in [0.2, 0.25) is 4.34 Å². The van der Waals surface area contributed by atoms with Gasteiger partial charge >= 0.3 is 0 Å². The summed E-state index contributed by atoms with van der Waals surface area (Å²) >= 11 is 7.10. The van der Waals surface area contributed by atoms with Crippen LogP contribution in [0.5, 0.6) is 0 Å². The molecule has 1 aromatic rings. The van der Waals surface area contributed by atoms with E-state index in [1.54, 1.807) is 12.1 Å². The van der Waals surface area contributed by atoms with Crippen LogP contribution in [0.25, 0.3) is 0 Å². The lowest BCUT2D eigenvalue weighted by molar-refractivity contribution is -0.134. The molecule has 2 unspecified atom stereocenters. The van der Waals surface area contributed by atoms with E-state index in [-0.39, 0.29) is 23.5 Å². The molecule has 3 rings (SSSR count). The summed E-state index contributed by atoms with van der Waals surface area (Å²) in [4.78, 5) is 15.1. The van der Waals surface area contributed by atoms with E-state index in [0.29, 0.717) is 21.7 Å². The van der Waals surface area contributed by atoms with Crippen LogP contribution in [0.1, 0.15) is 43.4 Å². The van der Waals surface area contributed by atoms with Gasteiger partial charge in [-0.3, -0.25) is 4.79 Å². The van der Waals surface area contributed by atoms with Gasteiger partial charge in [-0.1, -0.05) is 24.4 Å². The summed E-state index contributed by atoms with van der Waals surface area (Å²) in [6, 6.07) is 3.67. The topological polar surface area (TPSA) is 54.5 Å². The molecule has 4 nitrogen and oxygen atoms in total. The number of piperidine rings is 1. The molecule has 23 heavy (non-hydrogen) atoms. The van der Waals surface area contributed by atoms with E-state index in [4.69, 9.17) is 11.6 Å². The fourth-order valence-electron chi connectivity index (χ4n) is 3.90. The Hall–Kier alpha value is -0.590. The third-order valence-corrected chi connectivity index (χ3v) is 7.75. The van der Waals surface area contributed by atoms with Crippen molar-refractivity contribution in [2.24, 2.45) is 5.92 Å². The molecule has 1 saturated carbocycles. The van der Waals surface area contributed by atoms with Gasteiger partial charge in [0.25, 0.3) is 0 Å². The molecule has 2 heterocycles. The van der Waals surface area contributed by atoms with Crippen LogP contribution in [-0.4, -0.2) is 37.6 Å². The molecular weight excluding hydrogens is 354 g/mol. The third kappa shape index (κ3) is 4.28. The molecule has 1 aliphatic heterocycles. The molecule has 1 amide bonds. The Labute approximate surface area is 146 Å². The number of carbonyl (C=O) groups excluding carboxylic acids is 1. The van der Waals surface area contributed by atoms with Crippen LogP contribution in [0.3, 0.4) is 0 Å². The number of amides is 1. The van der Waals surface area contributed by atoms with Crippen LogP contribution in [0.4, 0.5) is 0 Å². The molecule has 0 N–H and O–H groups in total. The first kappa shape index (κ1) is 17.2. The smallest absolute Gasteiger partial charge is 0.238 e. The molecule has 128 valence electrons. The Morgan fingerprint density at radius 3 is 2.70 bits per heavy atom. The zero-order chi connectivity index (χ0) is 16.4. The van der Waals surface area contributed by atoms with Gasteiger partial charge in [-0.05, 0) is 43.7 Å². The van der Waals surface area contributed by atoms with Crippen LogP contribution in [0.15, 0.2) is 12.1 Å². The summed E-state index contributed by atoms with van der Waals surface area (Å²) in [5, 5.41) is 0. The second-order valence-corrected chi connectivity index (χ2v) is 10.4. The van der Waals surface area contributed by atoms with Gasteiger partial charge in [0.15, 0.2) is 9.84 Å². The van der Waals surface area contributed by atoms with Crippen LogP contribution >= 0.6 is 22.9 Å². The van der Waals surface area contributed by atoms with E-state index in [9.17, 15) is 13.2 Å². The number of nitrogens with zero attached hydrogens (tertiary/aromatic N) is 1. The average Bonchev–Trinajstić information content (AvgIpc) is 2.90. The largest absolute Gasteiger partial charge is 0.339 e. The summed E-state index contributed by atoms with van der Waals surface area (Å²) < 4.78 is 25.2. The van der Waals surface area contributed by atoms with Crippen molar-refractivity contribution in [3.05, 3.63) is 21.3 Å². The van der Waals surface area contributed by atoms with E-state index in [2.05, 4.69) is 0 Å². The van der Waals surface area contributed by atoms with Crippen LogP contribution in [0, 0.1) is 5.92 Å². The summed E-state index contributed by atoms with van der Waals surface area (Å²) in [6.45, 7) is 0.709. The quantitative estimate of drug-likeness (QED) is 0.809. The SMILES string of the molecule is O=C(CS(=O)(=O)Cc1ccc(Cl)s1)N1CCCC2CCCCC21. The number of carbonyl (C=O) groups is 1. The van der Waals surface area contributed by atoms with E-state index in [1.807, 2.05) is 4.90 Å². The molecule has 7 heteroatoms. The minimum atomic E-state index is -3.45. The van der Waals surface area contributed by atoms with Crippen molar-refractivity contribution in [2.45, 2.75) is 50.3 Å². The third-order valence-electron chi connectivity index (χ3n) is 4.90. The molecular formula is C16H22ClNO3S2. The van der Waals surface area contributed by atoms with Crippen molar-refractivity contribution in [3.63, 3.8) is 0 Å². The van der Waals surface area contributed by atoms with Crippen LogP contribution < -0.4 is 0 Å². The van der Waals surface area contributed by atoms with Gasteiger partial charge < -0.3 is 4.90 Å². The van der Waals surface area contributed by atoms with E-state index in [1.165, 1.54) is 30.6 Å². The zero-order valence-corrected chi connectivity index (χ0v) is 15.4. The number of rotatable bonds is 4. The normalized spacial score (nSPS) is 25.2. The van der Waals surface area contributed by atoms with Crippen molar-refractivity contribution >= 4 is 38.7 Å². The first-order chi connectivity index (χ1) is 10.9. The predicted octanol–water partition coefficient (Wildman–Crippen LogP) is 3.50. The van der Waals surface area contributed by atoms with Crippen molar-refractivity contribution in [2.75, 3.05) is 12.3 Å². The van der Waals surface area contributed by atoms with E-state index in [0.717, 1.165) is 19.3 Å². The second kappa shape index (κ2) is 7.11. The highest BCUT2D eigenvalue weighted by molar-refractivity contribution is 7.91. The Morgan fingerprint density at radius 1 is 1.22 bits per heavy atom. The lowest BCUT2D eigenvalue weighted by Crippen LogP contribution is -2.51. The fourth-order valence-corrected chi connectivity index (χ4v) is 6.73. The fraction of sp³-hybridized carbons (Fsp3) is 0.688. The first-order valence-electron chi connectivity index (χ1n) is 8.19. The lowest BCUT2D eigenvalue weighted by Gasteiger charge is -2.44. The molecule has 1 aliphatic carbocycles. The Balaban J connectivity index is 1.65. The summed E-state index contributed by atoms with van der Waals surface area (Å²) in [6.07, 6.45) is 6.75. The highest BCUT2D eigenvalue weighted by Gasteiger charge is 2.36. The minimum Gasteiger partial charge on any atom is -0.339 e. The summed E-state index contributed by atoms with van der Waals surface area (Å²) in [5.74, 6) is -0.131. The molecule has 2 fully saturated rings. The van der Waals surface area contributed by atoms with Gasteiger partial charge in [0.05, 0.1) is 10.1 Å². The molecule has 0 spiro atoms. The zero-order valence-electron chi connectivity index (χ0n) is 13.0. The van der Waals surface area contributed by atoms with Gasteiger partial charge in [-0.2, -0.15) is 0 Å². The molecule has 0 aromatic carbocycles. The lowest BCUT2D eigenvalue weighted by atomic mass is 9.78. The Morgan fingerprint density at radius 2 is 1.96 bits per heavy atom. The highest BCUT2D eigenvalue weighted by Crippen LogP contribution is 2.35. The maximum Gasteiger partial charge on any atom is 0.238 e. The summed E-state index contributed by atoms with van der Waals surface area (Å²) in [5.41, 5.74) is 0. The molecule has 1 aromatic heterocycles. The molecule has 0 radical (unpaired) electrons. The van der Waals surface area contributed by atoms with Crippen LogP contribution in [-0.2, 0) is 20.4 Å². The minimum absolute atomic E-state index is 0.0991. The van der Waals surface area contributed by atoms with Crippen molar-refractivity contribution in [1.29, 1.82) is 0 Å². The molecule has 1 saturated heterocycles. The van der Waals surface area contributed by atoms with Gasteiger partial charge in [0.2, 0.25) is 5.91 Å². The van der Waals surface area contributed by atoms with Crippen molar-refractivity contribution in [3.8, 4) is 0 Å². The average molecular weight is 376 g/mol. The van der Waals surface area contributed by atoms with Gasteiger partial charge in [0, 0.05) is 17.5 Å². The Bertz CT molecular complexity index is 669. The van der Waals surface area contributed by atoms with E-state index < -0.39 is 9.84 Å². The van der Waals surface area contributed by atoms with Gasteiger partial charge in [0.1, 0.15) is 5.75 Å². The van der Waals surface area contributed by atoms with E-state index >= 15 is 0 Å². The first-order valence-corrected chi connectivity index (χ1v) is 11.2. The number of hydrogen-bond acceptors (Lipinski definition) is 4. The van der Waals surface area contributed by atoms with Crippen molar-refractivity contribution < 1.29 is 13.2 Å². The number of sulfone groups is 1. The molecule has 2 atom stereocenters. The second-order valence-electron chi connectivity index (χ2n) is 6.58. The van der Waals surface area contributed by atoms with Gasteiger partial charge in [-0.25, -0.2) is 8.42 Å². The van der Waals surface area contributed by atoms with Gasteiger partial charge in [-0.15, -0.1) is 11.3 Å². The number of thiophene rings is 1. The summed E-state index contributed by atoms with van der Waals surface area (Å²) in [7, 11) is -3.45. The number of halogens is 1. The number of fused-ring (bicyclic) bond motifs is 1. The predicted molar refractivity (Wildman–Crippen MR) is 93.5 cm³/mol. The number of likely N-dealkylation sites (tertiary alicyclic amines) is 1. The maximum atomic E-state index is 12.6. The highest BCUT2D eigenvalue weighted by atomic mass is 35.5. The Kier molecular flexibility index (Phi) is 5.33. The number of hydrogen-bond donors (Lipinski definition) is 0. The van der Waals surface area contributed by atoms with Crippen molar-refractivity contribution in [1.82, 2.24) is 4.90 Å².